The molecule has 1 aromatic heterocycles. The van der Waals surface area contributed by atoms with Crippen molar-refractivity contribution in [3.8, 4) is 11.6 Å². The van der Waals surface area contributed by atoms with E-state index in [1.54, 1.807) is 31.5 Å². The van der Waals surface area contributed by atoms with Gasteiger partial charge < -0.3 is 14.8 Å². The van der Waals surface area contributed by atoms with Gasteiger partial charge in [0.2, 0.25) is 5.88 Å². The van der Waals surface area contributed by atoms with Crippen molar-refractivity contribution >= 4 is 21.8 Å². The van der Waals surface area contributed by atoms with Gasteiger partial charge in [-0.25, -0.2) is 4.98 Å². The Kier molecular flexibility index (Phi) is 5.57. The van der Waals surface area contributed by atoms with Crippen LogP contribution in [0.2, 0.25) is 0 Å². The predicted octanol–water partition coefficient (Wildman–Crippen LogP) is 2.55. The van der Waals surface area contributed by atoms with Crippen molar-refractivity contribution in [2.24, 2.45) is 0 Å². The molecule has 1 N–H and O–H groups in total. The van der Waals surface area contributed by atoms with Gasteiger partial charge in [-0.05, 0) is 29.8 Å². The highest BCUT2D eigenvalue weighted by molar-refractivity contribution is 9.10. The van der Waals surface area contributed by atoms with Crippen molar-refractivity contribution in [3.63, 3.8) is 0 Å². The Morgan fingerprint density at radius 2 is 2.00 bits per heavy atom. The summed E-state index contributed by atoms with van der Waals surface area (Å²) in [4.78, 5) is 15.8. The number of amides is 1. The Balaban J connectivity index is 1.75. The van der Waals surface area contributed by atoms with Crippen molar-refractivity contribution in [1.29, 1.82) is 0 Å². The molecule has 1 aromatic carbocycles. The van der Waals surface area contributed by atoms with Gasteiger partial charge in [0.05, 0.1) is 7.11 Å². The fourth-order valence-corrected chi connectivity index (χ4v) is 1.83. The second-order valence-electron chi connectivity index (χ2n) is 4.23. The van der Waals surface area contributed by atoms with E-state index in [0.29, 0.717) is 18.2 Å². The highest BCUT2D eigenvalue weighted by Crippen LogP contribution is 2.15. The van der Waals surface area contributed by atoms with Crippen LogP contribution < -0.4 is 14.8 Å². The third-order valence-electron chi connectivity index (χ3n) is 2.68. The van der Waals surface area contributed by atoms with E-state index >= 15 is 0 Å². The summed E-state index contributed by atoms with van der Waals surface area (Å²) in [6.07, 6.45) is 1.66. The minimum atomic E-state index is -0.186. The van der Waals surface area contributed by atoms with Crippen LogP contribution in [0.15, 0.2) is 47.1 Å². The Labute approximate surface area is 131 Å². The van der Waals surface area contributed by atoms with E-state index < -0.39 is 0 Å². The normalized spacial score (nSPS) is 10.0. The molecule has 0 aliphatic rings. The molecule has 0 saturated heterocycles. The molecule has 0 fully saturated rings. The van der Waals surface area contributed by atoms with E-state index in [-0.39, 0.29) is 12.5 Å². The molecule has 0 spiro atoms. The van der Waals surface area contributed by atoms with Crippen LogP contribution in [-0.2, 0) is 11.3 Å². The molecule has 0 radical (unpaired) electrons. The summed E-state index contributed by atoms with van der Waals surface area (Å²) in [5.74, 6) is 1.01. The number of hydrogen-bond acceptors (Lipinski definition) is 4. The molecule has 5 nitrogen and oxygen atoms in total. The summed E-state index contributed by atoms with van der Waals surface area (Å²) in [5, 5.41) is 2.76. The lowest BCUT2D eigenvalue weighted by atomic mass is 10.3. The van der Waals surface area contributed by atoms with Gasteiger partial charge in [-0.2, -0.15) is 0 Å². The number of ether oxygens (including phenoxy) is 2. The largest absolute Gasteiger partial charge is 0.484 e. The Bertz CT molecular complexity index is 585. The number of carbonyl (C=O) groups is 1. The highest BCUT2D eigenvalue weighted by atomic mass is 79.9. The monoisotopic (exact) mass is 350 g/mol. The molecule has 0 aliphatic heterocycles. The third kappa shape index (κ3) is 5.07. The van der Waals surface area contributed by atoms with E-state index in [1.807, 2.05) is 18.2 Å². The first kappa shape index (κ1) is 15.3. The number of aromatic nitrogens is 1. The SMILES string of the molecule is COc1ccc(CNC(=O)COc2ccc(Br)cc2)cn1. The van der Waals surface area contributed by atoms with E-state index in [0.717, 1.165) is 10.0 Å². The zero-order valence-electron chi connectivity index (χ0n) is 11.5. The van der Waals surface area contributed by atoms with Gasteiger partial charge in [0.25, 0.3) is 5.91 Å². The van der Waals surface area contributed by atoms with Crippen molar-refractivity contribution in [2.75, 3.05) is 13.7 Å². The summed E-state index contributed by atoms with van der Waals surface area (Å²) < 4.78 is 11.3. The molecule has 0 atom stereocenters. The number of pyridine rings is 1. The van der Waals surface area contributed by atoms with E-state index in [2.05, 4.69) is 26.2 Å². The minimum Gasteiger partial charge on any atom is -0.484 e. The molecule has 6 heteroatoms. The summed E-state index contributed by atoms with van der Waals surface area (Å²) >= 11 is 3.34. The number of methoxy groups -OCH3 is 1. The number of nitrogens with one attached hydrogen (secondary N) is 1. The van der Waals surface area contributed by atoms with Crippen molar-refractivity contribution in [3.05, 3.63) is 52.6 Å². The Morgan fingerprint density at radius 1 is 1.24 bits per heavy atom. The quantitative estimate of drug-likeness (QED) is 0.869. The summed E-state index contributed by atoms with van der Waals surface area (Å²) in [6.45, 7) is 0.380. The van der Waals surface area contributed by atoms with Crippen LogP contribution in [0.3, 0.4) is 0 Å². The van der Waals surface area contributed by atoms with Gasteiger partial charge in [0.1, 0.15) is 5.75 Å². The second kappa shape index (κ2) is 7.64. The molecule has 1 heterocycles. The predicted molar refractivity (Wildman–Crippen MR) is 82.3 cm³/mol. The molecular weight excluding hydrogens is 336 g/mol. The average Bonchev–Trinajstić information content (AvgIpc) is 2.53. The van der Waals surface area contributed by atoms with Crippen LogP contribution in [0.4, 0.5) is 0 Å². The number of hydrogen-bond donors (Lipinski definition) is 1. The number of benzene rings is 1. The molecule has 0 bridgehead atoms. The Morgan fingerprint density at radius 3 is 2.62 bits per heavy atom. The van der Waals surface area contributed by atoms with Gasteiger partial charge in [-0.1, -0.05) is 22.0 Å². The lowest BCUT2D eigenvalue weighted by Gasteiger charge is -2.08. The average molecular weight is 351 g/mol. The molecule has 0 aliphatic carbocycles. The standard InChI is InChI=1S/C15H15BrN2O3/c1-20-15-7-2-11(9-18-15)8-17-14(19)10-21-13-5-3-12(16)4-6-13/h2-7,9H,8,10H2,1H3,(H,17,19). The molecule has 21 heavy (non-hydrogen) atoms. The Hall–Kier alpha value is -2.08. The van der Waals surface area contributed by atoms with E-state index in [1.165, 1.54) is 0 Å². The molecule has 1 amide bonds. The summed E-state index contributed by atoms with van der Waals surface area (Å²) in [5.41, 5.74) is 0.896. The fourth-order valence-electron chi connectivity index (χ4n) is 1.57. The van der Waals surface area contributed by atoms with Gasteiger partial charge in [-0.15, -0.1) is 0 Å². The van der Waals surface area contributed by atoms with Crippen LogP contribution in [0.25, 0.3) is 0 Å². The van der Waals surface area contributed by atoms with Crippen LogP contribution >= 0.6 is 15.9 Å². The van der Waals surface area contributed by atoms with Crippen LogP contribution in [0, 0.1) is 0 Å². The molecule has 110 valence electrons. The number of halogens is 1. The smallest absolute Gasteiger partial charge is 0.258 e. The lowest BCUT2D eigenvalue weighted by molar-refractivity contribution is -0.123. The number of rotatable bonds is 6. The highest BCUT2D eigenvalue weighted by Gasteiger charge is 2.03. The van der Waals surface area contributed by atoms with Gasteiger partial charge in [0.15, 0.2) is 6.61 Å². The van der Waals surface area contributed by atoms with Crippen LogP contribution in [0.1, 0.15) is 5.56 Å². The molecule has 0 unspecified atom stereocenters. The topological polar surface area (TPSA) is 60.5 Å². The zero-order valence-corrected chi connectivity index (χ0v) is 13.1. The molecule has 0 saturated carbocycles. The first-order valence-electron chi connectivity index (χ1n) is 6.31. The minimum absolute atomic E-state index is 0.0226. The van der Waals surface area contributed by atoms with Crippen LogP contribution in [0.5, 0.6) is 11.6 Å². The maximum atomic E-state index is 11.7. The molecule has 2 aromatic rings. The number of carbonyl (C=O) groups excluding carboxylic acids is 1. The molecular formula is C15H15BrN2O3. The second-order valence-corrected chi connectivity index (χ2v) is 5.14. The zero-order chi connectivity index (χ0) is 15.1. The van der Waals surface area contributed by atoms with E-state index in [9.17, 15) is 4.79 Å². The first-order valence-corrected chi connectivity index (χ1v) is 7.10. The van der Waals surface area contributed by atoms with Gasteiger partial charge in [0, 0.05) is 23.3 Å². The van der Waals surface area contributed by atoms with Crippen LogP contribution in [-0.4, -0.2) is 24.6 Å². The fraction of sp³-hybridized carbons (Fsp3) is 0.200. The van der Waals surface area contributed by atoms with E-state index in [4.69, 9.17) is 9.47 Å². The maximum absolute atomic E-state index is 11.7. The van der Waals surface area contributed by atoms with Gasteiger partial charge in [-0.3, -0.25) is 4.79 Å². The summed E-state index contributed by atoms with van der Waals surface area (Å²) in [7, 11) is 1.56. The first-order chi connectivity index (χ1) is 10.2. The summed E-state index contributed by atoms with van der Waals surface area (Å²) in [6, 6.07) is 10.9. The lowest BCUT2D eigenvalue weighted by Crippen LogP contribution is -2.28. The maximum Gasteiger partial charge on any atom is 0.258 e. The van der Waals surface area contributed by atoms with Crippen molar-refractivity contribution < 1.29 is 14.3 Å². The third-order valence-corrected chi connectivity index (χ3v) is 3.21. The van der Waals surface area contributed by atoms with Gasteiger partial charge >= 0.3 is 0 Å². The number of nitrogens with zero attached hydrogens (tertiary/aromatic N) is 1. The molecule has 2 rings (SSSR count). The van der Waals surface area contributed by atoms with Crippen molar-refractivity contribution in [1.82, 2.24) is 10.3 Å². The van der Waals surface area contributed by atoms with Crippen molar-refractivity contribution in [2.45, 2.75) is 6.54 Å².